The van der Waals surface area contributed by atoms with E-state index in [2.05, 4.69) is 4.90 Å². The van der Waals surface area contributed by atoms with Crippen molar-refractivity contribution < 1.29 is 14.6 Å². The second-order valence-corrected chi connectivity index (χ2v) is 4.88. The van der Waals surface area contributed by atoms with Crippen LogP contribution in [0.3, 0.4) is 0 Å². The molecule has 0 spiro atoms. The maximum absolute atomic E-state index is 9.97. The van der Waals surface area contributed by atoms with Crippen LogP contribution in [0.2, 0.25) is 0 Å². The van der Waals surface area contributed by atoms with Crippen molar-refractivity contribution >= 4 is 5.69 Å². The van der Waals surface area contributed by atoms with Gasteiger partial charge in [-0.2, -0.15) is 0 Å². The van der Waals surface area contributed by atoms with Crippen LogP contribution in [0.1, 0.15) is 12.8 Å². The van der Waals surface area contributed by atoms with Crippen LogP contribution in [-0.4, -0.2) is 49.5 Å². The monoisotopic (exact) mass is 266 g/mol. The molecule has 1 atom stereocenters. The number of nitrogen functional groups attached to an aromatic ring is 1. The molecule has 1 aromatic carbocycles. The fourth-order valence-electron chi connectivity index (χ4n) is 2.31. The first kappa shape index (κ1) is 14.0. The molecule has 1 aliphatic heterocycles. The molecule has 0 aromatic heterocycles. The van der Waals surface area contributed by atoms with E-state index >= 15 is 0 Å². The van der Waals surface area contributed by atoms with Gasteiger partial charge in [-0.05, 0) is 38.1 Å². The summed E-state index contributed by atoms with van der Waals surface area (Å²) in [6.07, 6.45) is 1.94. The molecule has 1 heterocycles. The zero-order chi connectivity index (χ0) is 13.7. The van der Waals surface area contributed by atoms with Crippen LogP contribution >= 0.6 is 0 Å². The van der Waals surface area contributed by atoms with Crippen molar-refractivity contribution in [3.63, 3.8) is 0 Å². The number of rotatable bonds is 6. The lowest BCUT2D eigenvalue weighted by molar-refractivity contribution is 0.0747. The molecule has 0 bridgehead atoms. The van der Waals surface area contributed by atoms with Crippen molar-refractivity contribution in [2.45, 2.75) is 18.9 Å². The van der Waals surface area contributed by atoms with Gasteiger partial charge in [-0.1, -0.05) is 0 Å². The molecular weight excluding hydrogens is 244 g/mol. The van der Waals surface area contributed by atoms with Gasteiger partial charge < -0.3 is 25.2 Å². The van der Waals surface area contributed by atoms with Gasteiger partial charge in [0.25, 0.3) is 0 Å². The van der Waals surface area contributed by atoms with Gasteiger partial charge in [0.1, 0.15) is 12.7 Å². The van der Waals surface area contributed by atoms with Crippen LogP contribution in [0.25, 0.3) is 0 Å². The number of nitrogens with two attached hydrogens (primary N) is 1. The molecule has 5 heteroatoms. The molecule has 0 aliphatic carbocycles. The number of hydrogen-bond acceptors (Lipinski definition) is 5. The Morgan fingerprint density at radius 2 is 2.05 bits per heavy atom. The van der Waals surface area contributed by atoms with E-state index in [0.29, 0.717) is 23.7 Å². The summed E-state index contributed by atoms with van der Waals surface area (Å²) in [4.78, 5) is 2.25. The third-order valence-electron chi connectivity index (χ3n) is 3.29. The summed E-state index contributed by atoms with van der Waals surface area (Å²) < 4.78 is 10.8. The van der Waals surface area contributed by atoms with Crippen LogP contribution in [0.5, 0.6) is 11.5 Å². The van der Waals surface area contributed by atoms with Crippen LogP contribution in [-0.2, 0) is 0 Å². The van der Waals surface area contributed by atoms with Crippen LogP contribution in [0.4, 0.5) is 5.69 Å². The fraction of sp³-hybridized carbons (Fsp3) is 0.571. The number of anilines is 1. The van der Waals surface area contributed by atoms with Crippen molar-refractivity contribution in [2.75, 3.05) is 39.1 Å². The molecule has 19 heavy (non-hydrogen) atoms. The SMILES string of the molecule is COc1ccc(N)cc1OCC(O)CN1CCCC1. The van der Waals surface area contributed by atoms with E-state index in [4.69, 9.17) is 15.2 Å². The van der Waals surface area contributed by atoms with Crippen LogP contribution in [0, 0.1) is 0 Å². The first-order valence-corrected chi connectivity index (χ1v) is 6.66. The summed E-state index contributed by atoms with van der Waals surface area (Å²) in [5, 5.41) is 9.97. The van der Waals surface area contributed by atoms with Gasteiger partial charge in [0.2, 0.25) is 0 Å². The van der Waals surface area contributed by atoms with E-state index in [1.165, 1.54) is 12.8 Å². The Labute approximate surface area is 113 Å². The van der Waals surface area contributed by atoms with Gasteiger partial charge in [0, 0.05) is 18.3 Å². The Morgan fingerprint density at radius 3 is 2.74 bits per heavy atom. The predicted octanol–water partition coefficient (Wildman–Crippen LogP) is 1.11. The first-order chi connectivity index (χ1) is 9.19. The smallest absolute Gasteiger partial charge is 0.163 e. The summed E-state index contributed by atoms with van der Waals surface area (Å²) in [5.41, 5.74) is 6.33. The average Bonchev–Trinajstić information content (AvgIpc) is 2.89. The van der Waals surface area contributed by atoms with E-state index in [1.54, 1.807) is 25.3 Å². The van der Waals surface area contributed by atoms with Gasteiger partial charge in [-0.3, -0.25) is 0 Å². The Bertz CT molecular complexity index is 406. The molecule has 0 amide bonds. The predicted molar refractivity (Wildman–Crippen MR) is 74.6 cm³/mol. The number of aliphatic hydroxyl groups is 1. The molecule has 1 aromatic rings. The number of ether oxygens (including phenoxy) is 2. The highest BCUT2D eigenvalue weighted by molar-refractivity contribution is 5.51. The van der Waals surface area contributed by atoms with Crippen molar-refractivity contribution in [1.82, 2.24) is 4.90 Å². The topological polar surface area (TPSA) is 68.0 Å². The van der Waals surface area contributed by atoms with Crippen molar-refractivity contribution in [2.24, 2.45) is 0 Å². The number of β-amino-alcohol motifs (C(OH)–C–C–N with tert-alkyl or cyclic N) is 1. The Balaban J connectivity index is 1.85. The van der Waals surface area contributed by atoms with E-state index in [1.807, 2.05) is 0 Å². The molecular formula is C14H22N2O3. The van der Waals surface area contributed by atoms with E-state index in [-0.39, 0.29) is 6.61 Å². The zero-order valence-electron chi connectivity index (χ0n) is 11.3. The molecule has 1 saturated heterocycles. The average molecular weight is 266 g/mol. The molecule has 2 rings (SSSR count). The lowest BCUT2D eigenvalue weighted by Crippen LogP contribution is -2.33. The molecule has 0 radical (unpaired) electrons. The van der Waals surface area contributed by atoms with E-state index < -0.39 is 6.10 Å². The minimum Gasteiger partial charge on any atom is -0.493 e. The summed E-state index contributed by atoms with van der Waals surface area (Å²) in [6.45, 7) is 3.04. The van der Waals surface area contributed by atoms with Gasteiger partial charge in [-0.15, -0.1) is 0 Å². The largest absolute Gasteiger partial charge is 0.493 e. The summed E-state index contributed by atoms with van der Waals surface area (Å²) in [7, 11) is 1.58. The third-order valence-corrected chi connectivity index (χ3v) is 3.29. The third kappa shape index (κ3) is 4.01. The molecule has 1 unspecified atom stereocenters. The Morgan fingerprint density at radius 1 is 1.32 bits per heavy atom. The van der Waals surface area contributed by atoms with Gasteiger partial charge in [-0.25, -0.2) is 0 Å². The highest BCUT2D eigenvalue weighted by Crippen LogP contribution is 2.29. The summed E-state index contributed by atoms with van der Waals surface area (Å²) >= 11 is 0. The maximum Gasteiger partial charge on any atom is 0.163 e. The minimum atomic E-state index is -0.496. The van der Waals surface area contributed by atoms with Crippen LogP contribution in [0.15, 0.2) is 18.2 Å². The van der Waals surface area contributed by atoms with Crippen LogP contribution < -0.4 is 15.2 Å². The van der Waals surface area contributed by atoms with Gasteiger partial charge in [0.05, 0.1) is 7.11 Å². The molecule has 0 saturated carbocycles. The summed E-state index contributed by atoms with van der Waals surface area (Å²) in [6, 6.07) is 5.23. The van der Waals surface area contributed by atoms with Crippen molar-refractivity contribution in [3.05, 3.63) is 18.2 Å². The van der Waals surface area contributed by atoms with Gasteiger partial charge in [0.15, 0.2) is 11.5 Å². The molecule has 5 nitrogen and oxygen atoms in total. The quantitative estimate of drug-likeness (QED) is 0.755. The van der Waals surface area contributed by atoms with Gasteiger partial charge >= 0.3 is 0 Å². The molecule has 3 N–H and O–H groups in total. The second kappa shape index (κ2) is 6.63. The maximum atomic E-state index is 9.97. The highest BCUT2D eigenvalue weighted by atomic mass is 16.5. The van der Waals surface area contributed by atoms with E-state index in [0.717, 1.165) is 13.1 Å². The number of aliphatic hydroxyl groups excluding tert-OH is 1. The lowest BCUT2D eigenvalue weighted by Gasteiger charge is -2.20. The Kier molecular flexibility index (Phi) is 4.87. The second-order valence-electron chi connectivity index (χ2n) is 4.88. The normalized spacial score (nSPS) is 17.4. The van der Waals surface area contributed by atoms with E-state index in [9.17, 15) is 5.11 Å². The molecule has 1 aliphatic rings. The standard InChI is InChI=1S/C14H22N2O3/c1-18-13-5-4-11(15)8-14(13)19-10-12(17)9-16-6-2-3-7-16/h4-5,8,12,17H,2-3,6-7,9-10,15H2,1H3. The lowest BCUT2D eigenvalue weighted by atomic mass is 10.3. The first-order valence-electron chi connectivity index (χ1n) is 6.66. The summed E-state index contributed by atoms with van der Waals surface area (Å²) in [5.74, 6) is 1.20. The number of hydrogen-bond donors (Lipinski definition) is 2. The number of methoxy groups -OCH3 is 1. The zero-order valence-corrected chi connectivity index (χ0v) is 11.3. The number of nitrogens with zero attached hydrogens (tertiary/aromatic N) is 1. The van der Waals surface area contributed by atoms with Crippen molar-refractivity contribution in [3.8, 4) is 11.5 Å². The fourth-order valence-corrected chi connectivity index (χ4v) is 2.31. The van der Waals surface area contributed by atoms with Crippen molar-refractivity contribution in [1.29, 1.82) is 0 Å². The Hall–Kier alpha value is -1.46. The molecule has 1 fully saturated rings. The highest BCUT2D eigenvalue weighted by Gasteiger charge is 2.16. The number of benzene rings is 1. The minimum absolute atomic E-state index is 0.246. The number of likely N-dealkylation sites (tertiary alicyclic amines) is 1. The molecule has 106 valence electrons.